The number of carbonyl (C=O) groups is 1. The van der Waals surface area contributed by atoms with Crippen LogP contribution in [0.3, 0.4) is 0 Å². The molecule has 1 amide bonds. The van der Waals surface area contributed by atoms with Gasteiger partial charge >= 0.3 is 0 Å². The van der Waals surface area contributed by atoms with E-state index in [-0.39, 0.29) is 17.9 Å². The Bertz CT molecular complexity index is 611. The van der Waals surface area contributed by atoms with Crippen LogP contribution in [0.4, 0.5) is 0 Å². The summed E-state index contributed by atoms with van der Waals surface area (Å²) in [4.78, 5) is 12.4. The Balaban J connectivity index is 1.74. The normalized spacial score (nSPS) is 28.9. The van der Waals surface area contributed by atoms with Crippen LogP contribution in [0.2, 0.25) is 0 Å². The molecule has 5 nitrogen and oxygen atoms in total. The highest BCUT2D eigenvalue weighted by Gasteiger charge is 2.40. The second-order valence-corrected chi connectivity index (χ2v) is 7.47. The Morgan fingerprint density at radius 1 is 1.29 bits per heavy atom. The van der Waals surface area contributed by atoms with Crippen LogP contribution in [0, 0.1) is 13.8 Å². The lowest BCUT2D eigenvalue weighted by atomic mass is 9.76. The summed E-state index contributed by atoms with van der Waals surface area (Å²) in [7, 11) is 0. The molecule has 3 atom stereocenters. The molecule has 5 heteroatoms. The summed E-state index contributed by atoms with van der Waals surface area (Å²) in [5.41, 5.74) is 3.84. The number of hydrogen-bond acceptors (Lipinski definition) is 4. The first-order valence-corrected chi connectivity index (χ1v) is 8.88. The highest BCUT2D eigenvalue weighted by atomic mass is 16.3. The summed E-state index contributed by atoms with van der Waals surface area (Å²) in [6.45, 7) is 5.07. The zero-order valence-electron chi connectivity index (χ0n) is 14.5. The van der Waals surface area contributed by atoms with Crippen LogP contribution in [0.15, 0.2) is 18.2 Å². The molecule has 0 bridgehead atoms. The highest BCUT2D eigenvalue weighted by molar-refractivity contribution is 5.83. The van der Waals surface area contributed by atoms with Crippen molar-refractivity contribution in [3.8, 4) is 0 Å². The molecule has 1 aliphatic carbocycles. The lowest BCUT2D eigenvalue weighted by molar-refractivity contribution is -0.125. The fourth-order valence-electron chi connectivity index (χ4n) is 4.33. The SMILES string of the molecule is Cc1ccc(C2(CNC(=O)[C@@H]3NC[C@@H](O)[C@H]3O)CCCC2)c(C)c1. The molecule has 1 aliphatic heterocycles. The van der Waals surface area contributed by atoms with E-state index in [1.54, 1.807) is 0 Å². The molecule has 1 saturated heterocycles. The molecule has 24 heavy (non-hydrogen) atoms. The van der Waals surface area contributed by atoms with Gasteiger partial charge in [-0.1, -0.05) is 36.6 Å². The van der Waals surface area contributed by atoms with Crippen LogP contribution in [0.5, 0.6) is 0 Å². The van der Waals surface area contributed by atoms with E-state index < -0.39 is 18.2 Å². The highest BCUT2D eigenvalue weighted by Crippen LogP contribution is 2.42. The van der Waals surface area contributed by atoms with Gasteiger partial charge in [0.1, 0.15) is 12.1 Å². The van der Waals surface area contributed by atoms with Crippen molar-refractivity contribution in [3.63, 3.8) is 0 Å². The van der Waals surface area contributed by atoms with Crippen molar-refractivity contribution in [1.82, 2.24) is 10.6 Å². The summed E-state index contributed by atoms with van der Waals surface area (Å²) >= 11 is 0. The van der Waals surface area contributed by atoms with Crippen LogP contribution in [0.25, 0.3) is 0 Å². The number of amides is 1. The molecule has 0 radical (unpaired) electrons. The Kier molecular flexibility index (Phi) is 4.95. The van der Waals surface area contributed by atoms with Gasteiger partial charge in [0, 0.05) is 18.5 Å². The van der Waals surface area contributed by atoms with Gasteiger partial charge < -0.3 is 20.8 Å². The fraction of sp³-hybridized carbons (Fsp3) is 0.632. The molecule has 2 fully saturated rings. The number of aryl methyl sites for hydroxylation is 2. The largest absolute Gasteiger partial charge is 0.389 e. The number of rotatable bonds is 4. The number of aliphatic hydroxyl groups excluding tert-OH is 2. The average Bonchev–Trinajstić information content (AvgIpc) is 3.14. The molecule has 1 saturated carbocycles. The lowest BCUT2D eigenvalue weighted by Gasteiger charge is -2.32. The molecule has 1 aromatic carbocycles. The predicted octanol–water partition coefficient (Wildman–Crippen LogP) is 0.925. The van der Waals surface area contributed by atoms with Crippen molar-refractivity contribution in [2.75, 3.05) is 13.1 Å². The monoisotopic (exact) mass is 332 g/mol. The second kappa shape index (κ2) is 6.82. The minimum atomic E-state index is -1.04. The summed E-state index contributed by atoms with van der Waals surface area (Å²) < 4.78 is 0. The molecule has 0 unspecified atom stereocenters. The van der Waals surface area contributed by atoms with Crippen molar-refractivity contribution in [1.29, 1.82) is 0 Å². The van der Waals surface area contributed by atoms with E-state index in [1.165, 1.54) is 29.5 Å². The first-order valence-electron chi connectivity index (χ1n) is 8.88. The van der Waals surface area contributed by atoms with Gasteiger partial charge in [-0.2, -0.15) is 0 Å². The summed E-state index contributed by atoms with van der Waals surface area (Å²) in [5.74, 6) is -0.227. The maximum atomic E-state index is 12.4. The molecule has 3 rings (SSSR count). The first kappa shape index (κ1) is 17.4. The van der Waals surface area contributed by atoms with Gasteiger partial charge in [-0.15, -0.1) is 0 Å². The quantitative estimate of drug-likeness (QED) is 0.661. The van der Waals surface area contributed by atoms with Crippen LogP contribution in [0.1, 0.15) is 42.4 Å². The molecular weight excluding hydrogens is 304 g/mol. The molecule has 2 aliphatic rings. The van der Waals surface area contributed by atoms with Crippen molar-refractivity contribution in [2.45, 2.75) is 63.2 Å². The van der Waals surface area contributed by atoms with Gasteiger partial charge in [-0.3, -0.25) is 4.79 Å². The van der Waals surface area contributed by atoms with Gasteiger partial charge in [0.2, 0.25) is 5.91 Å². The topological polar surface area (TPSA) is 81.6 Å². The zero-order chi connectivity index (χ0) is 17.3. The molecule has 1 heterocycles. The van der Waals surface area contributed by atoms with E-state index in [4.69, 9.17) is 0 Å². The number of β-amino-alcohol motifs (C(OH)–C–C–N with tert-alkyl or cyclic N) is 1. The maximum Gasteiger partial charge on any atom is 0.239 e. The Morgan fingerprint density at radius 2 is 2.00 bits per heavy atom. The Hall–Kier alpha value is -1.43. The summed E-state index contributed by atoms with van der Waals surface area (Å²) in [6.07, 6.45) is 2.57. The number of aliphatic hydroxyl groups is 2. The third-order valence-corrected chi connectivity index (χ3v) is 5.68. The third kappa shape index (κ3) is 3.21. The molecule has 132 valence electrons. The van der Waals surface area contributed by atoms with Crippen LogP contribution in [-0.2, 0) is 10.2 Å². The predicted molar refractivity (Wildman–Crippen MR) is 92.9 cm³/mol. The van der Waals surface area contributed by atoms with Crippen molar-refractivity contribution in [3.05, 3.63) is 34.9 Å². The van der Waals surface area contributed by atoms with Crippen LogP contribution in [-0.4, -0.2) is 47.5 Å². The second-order valence-electron chi connectivity index (χ2n) is 7.47. The van der Waals surface area contributed by atoms with Crippen molar-refractivity contribution in [2.24, 2.45) is 0 Å². The van der Waals surface area contributed by atoms with E-state index in [0.717, 1.165) is 12.8 Å². The van der Waals surface area contributed by atoms with E-state index in [2.05, 4.69) is 42.7 Å². The third-order valence-electron chi connectivity index (χ3n) is 5.68. The van der Waals surface area contributed by atoms with Gasteiger partial charge in [0.05, 0.1) is 6.10 Å². The summed E-state index contributed by atoms with van der Waals surface area (Å²) in [6, 6.07) is 5.82. The Morgan fingerprint density at radius 3 is 2.58 bits per heavy atom. The first-order chi connectivity index (χ1) is 11.4. The van der Waals surface area contributed by atoms with E-state index >= 15 is 0 Å². The van der Waals surface area contributed by atoms with Crippen LogP contribution < -0.4 is 10.6 Å². The molecule has 1 aromatic rings. The van der Waals surface area contributed by atoms with Gasteiger partial charge in [-0.25, -0.2) is 0 Å². The van der Waals surface area contributed by atoms with E-state index in [0.29, 0.717) is 6.54 Å². The molecule has 0 aromatic heterocycles. The molecule has 0 spiro atoms. The fourth-order valence-corrected chi connectivity index (χ4v) is 4.33. The smallest absolute Gasteiger partial charge is 0.239 e. The zero-order valence-corrected chi connectivity index (χ0v) is 14.5. The van der Waals surface area contributed by atoms with Crippen molar-refractivity contribution < 1.29 is 15.0 Å². The minimum absolute atomic E-state index is 0.0182. The standard InChI is InChI=1S/C19H28N2O3/c1-12-5-6-14(13(2)9-12)19(7-3-4-8-19)11-21-18(24)16-17(23)15(22)10-20-16/h5-6,9,15-17,20,22-23H,3-4,7-8,10-11H2,1-2H3,(H,21,24)/t15-,16-,17-/m1/s1. The summed E-state index contributed by atoms with van der Waals surface area (Å²) in [5, 5.41) is 25.4. The van der Waals surface area contributed by atoms with E-state index in [1.807, 2.05) is 0 Å². The lowest BCUT2D eigenvalue weighted by Crippen LogP contribution is -2.50. The van der Waals surface area contributed by atoms with Gasteiger partial charge in [-0.05, 0) is 37.8 Å². The van der Waals surface area contributed by atoms with Gasteiger partial charge in [0.25, 0.3) is 0 Å². The van der Waals surface area contributed by atoms with Crippen LogP contribution >= 0.6 is 0 Å². The van der Waals surface area contributed by atoms with Crippen molar-refractivity contribution >= 4 is 5.91 Å². The minimum Gasteiger partial charge on any atom is -0.389 e. The maximum absolute atomic E-state index is 12.4. The Labute approximate surface area is 143 Å². The molecule has 4 N–H and O–H groups in total. The number of carbonyl (C=O) groups excluding carboxylic acids is 1. The average molecular weight is 332 g/mol. The van der Waals surface area contributed by atoms with E-state index in [9.17, 15) is 15.0 Å². The number of benzene rings is 1. The number of hydrogen-bond donors (Lipinski definition) is 4. The molecular formula is C19H28N2O3. The van der Waals surface area contributed by atoms with Gasteiger partial charge in [0.15, 0.2) is 0 Å². The number of nitrogens with one attached hydrogen (secondary N) is 2.